The highest BCUT2D eigenvalue weighted by Crippen LogP contribution is 2.21. The van der Waals surface area contributed by atoms with Crippen molar-refractivity contribution in [2.75, 3.05) is 0 Å². The summed E-state index contributed by atoms with van der Waals surface area (Å²) in [6, 6.07) is 12.0. The first-order chi connectivity index (χ1) is 9.66. The Labute approximate surface area is 119 Å². The van der Waals surface area contributed by atoms with E-state index in [0.717, 1.165) is 5.56 Å². The predicted molar refractivity (Wildman–Crippen MR) is 79.0 cm³/mol. The number of nitrogens with zero attached hydrogens (tertiary/aromatic N) is 2. The van der Waals surface area contributed by atoms with Crippen LogP contribution in [0.15, 0.2) is 48.8 Å². The molecule has 4 heteroatoms. The highest BCUT2D eigenvalue weighted by molar-refractivity contribution is 5.76. The van der Waals surface area contributed by atoms with Crippen molar-refractivity contribution < 1.29 is 4.79 Å². The topological polar surface area (TPSA) is 46.9 Å². The lowest BCUT2D eigenvalue weighted by atomic mass is 9.96. The molecule has 1 N–H and O–H groups in total. The minimum absolute atomic E-state index is 0.0568. The molecule has 106 valence electrons. The first kappa shape index (κ1) is 14.3. The van der Waals surface area contributed by atoms with Gasteiger partial charge in [0.15, 0.2) is 0 Å². The van der Waals surface area contributed by atoms with E-state index in [2.05, 4.69) is 36.4 Å². The maximum Gasteiger partial charge on any atom is 0.222 e. The van der Waals surface area contributed by atoms with Gasteiger partial charge in [-0.1, -0.05) is 44.2 Å². The molecule has 1 aromatic heterocycles. The number of amides is 1. The number of rotatable bonds is 6. The van der Waals surface area contributed by atoms with E-state index in [1.807, 2.05) is 30.5 Å². The van der Waals surface area contributed by atoms with Crippen LogP contribution in [0.2, 0.25) is 0 Å². The number of carbonyl (C=O) groups excluding carboxylic acids is 1. The largest absolute Gasteiger partial charge is 0.349 e. The lowest BCUT2D eigenvalue weighted by Crippen LogP contribution is -2.32. The molecule has 0 aliphatic heterocycles. The fourth-order valence-electron chi connectivity index (χ4n) is 2.19. The second-order valence-corrected chi connectivity index (χ2v) is 5.22. The van der Waals surface area contributed by atoms with E-state index >= 15 is 0 Å². The van der Waals surface area contributed by atoms with Gasteiger partial charge < -0.3 is 5.32 Å². The van der Waals surface area contributed by atoms with E-state index in [-0.39, 0.29) is 11.9 Å². The third-order valence-corrected chi connectivity index (χ3v) is 3.27. The summed E-state index contributed by atoms with van der Waals surface area (Å²) in [5, 5.41) is 7.21. The van der Waals surface area contributed by atoms with Gasteiger partial charge in [0.1, 0.15) is 0 Å². The standard InChI is InChI=1S/C16H21N3O/c1-13(2)16(14-7-4-3-5-8-14)18-15(20)9-12-19-11-6-10-17-19/h3-8,10-11,13,16H,9,12H2,1-2H3,(H,18,20). The van der Waals surface area contributed by atoms with Gasteiger partial charge in [0, 0.05) is 25.4 Å². The minimum Gasteiger partial charge on any atom is -0.349 e. The van der Waals surface area contributed by atoms with Crippen LogP contribution in [0.3, 0.4) is 0 Å². The molecule has 20 heavy (non-hydrogen) atoms. The van der Waals surface area contributed by atoms with E-state index in [9.17, 15) is 4.79 Å². The molecule has 0 saturated heterocycles. The van der Waals surface area contributed by atoms with Crippen LogP contribution in [-0.2, 0) is 11.3 Å². The van der Waals surface area contributed by atoms with Crippen molar-refractivity contribution in [1.82, 2.24) is 15.1 Å². The molecule has 0 spiro atoms. The Balaban J connectivity index is 1.93. The fourth-order valence-corrected chi connectivity index (χ4v) is 2.19. The zero-order valence-electron chi connectivity index (χ0n) is 12.0. The summed E-state index contributed by atoms with van der Waals surface area (Å²) in [6.07, 6.45) is 4.03. The Morgan fingerprint density at radius 3 is 2.60 bits per heavy atom. The summed E-state index contributed by atoms with van der Waals surface area (Å²) in [6.45, 7) is 4.84. The molecule has 0 radical (unpaired) electrons. The Hall–Kier alpha value is -2.10. The zero-order valence-corrected chi connectivity index (χ0v) is 12.0. The molecule has 1 aromatic carbocycles. The molecule has 0 aliphatic carbocycles. The Bertz CT molecular complexity index is 520. The molecule has 1 amide bonds. The number of carbonyl (C=O) groups is 1. The van der Waals surface area contributed by atoms with Crippen molar-refractivity contribution in [3.8, 4) is 0 Å². The van der Waals surface area contributed by atoms with Crippen LogP contribution in [-0.4, -0.2) is 15.7 Å². The number of nitrogens with one attached hydrogen (secondary N) is 1. The average molecular weight is 271 g/mol. The van der Waals surface area contributed by atoms with Crippen LogP contribution < -0.4 is 5.32 Å². The van der Waals surface area contributed by atoms with Gasteiger partial charge in [0.2, 0.25) is 5.91 Å². The van der Waals surface area contributed by atoms with E-state index in [0.29, 0.717) is 18.9 Å². The highest BCUT2D eigenvalue weighted by atomic mass is 16.1. The maximum atomic E-state index is 12.1. The number of benzene rings is 1. The van der Waals surface area contributed by atoms with Crippen LogP contribution in [0.4, 0.5) is 0 Å². The second kappa shape index (κ2) is 6.89. The van der Waals surface area contributed by atoms with Crippen LogP contribution in [0.25, 0.3) is 0 Å². The van der Waals surface area contributed by atoms with Crippen molar-refractivity contribution in [2.24, 2.45) is 5.92 Å². The van der Waals surface area contributed by atoms with Crippen molar-refractivity contribution in [2.45, 2.75) is 32.9 Å². The van der Waals surface area contributed by atoms with Gasteiger partial charge in [-0.05, 0) is 17.5 Å². The number of hydrogen-bond acceptors (Lipinski definition) is 2. The van der Waals surface area contributed by atoms with Crippen LogP contribution >= 0.6 is 0 Å². The number of aromatic nitrogens is 2. The quantitative estimate of drug-likeness (QED) is 0.878. The fraction of sp³-hybridized carbons (Fsp3) is 0.375. The highest BCUT2D eigenvalue weighted by Gasteiger charge is 2.17. The molecule has 1 heterocycles. The molecule has 1 unspecified atom stereocenters. The minimum atomic E-state index is 0.0568. The Kier molecular flexibility index (Phi) is 4.93. The molecule has 0 fully saturated rings. The molecular formula is C16H21N3O. The molecule has 0 aliphatic rings. The average Bonchev–Trinajstić information content (AvgIpc) is 2.96. The summed E-state index contributed by atoms with van der Waals surface area (Å²) in [7, 11) is 0. The van der Waals surface area contributed by atoms with E-state index < -0.39 is 0 Å². The van der Waals surface area contributed by atoms with Gasteiger partial charge in [-0.2, -0.15) is 5.10 Å². The maximum absolute atomic E-state index is 12.1. The van der Waals surface area contributed by atoms with Gasteiger partial charge in [-0.3, -0.25) is 9.48 Å². The SMILES string of the molecule is CC(C)C(NC(=O)CCn1cccn1)c1ccccc1. The first-order valence-electron chi connectivity index (χ1n) is 6.98. The van der Waals surface area contributed by atoms with Crippen molar-refractivity contribution in [3.63, 3.8) is 0 Å². The van der Waals surface area contributed by atoms with Crippen molar-refractivity contribution in [3.05, 3.63) is 54.4 Å². The summed E-state index contributed by atoms with van der Waals surface area (Å²) in [4.78, 5) is 12.1. The molecule has 1 atom stereocenters. The Morgan fingerprint density at radius 2 is 2.00 bits per heavy atom. The number of aryl methyl sites for hydroxylation is 1. The summed E-state index contributed by atoms with van der Waals surface area (Å²) in [5.74, 6) is 0.411. The van der Waals surface area contributed by atoms with Gasteiger partial charge in [0.05, 0.1) is 6.04 Å². The predicted octanol–water partition coefficient (Wildman–Crippen LogP) is 2.79. The van der Waals surface area contributed by atoms with Gasteiger partial charge >= 0.3 is 0 Å². The smallest absolute Gasteiger partial charge is 0.222 e. The zero-order chi connectivity index (χ0) is 14.4. The molecule has 0 saturated carbocycles. The lowest BCUT2D eigenvalue weighted by Gasteiger charge is -2.23. The first-order valence-corrected chi connectivity index (χ1v) is 6.98. The van der Waals surface area contributed by atoms with Crippen LogP contribution in [0.1, 0.15) is 31.9 Å². The van der Waals surface area contributed by atoms with Crippen molar-refractivity contribution >= 4 is 5.91 Å². The van der Waals surface area contributed by atoms with Crippen LogP contribution in [0.5, 0.6) is 0 Å². The van der Waals surface area contributed by atoms with Crippen LogP contribution in [0, 0.1) is 5.92 Å². The second-order valence-electron chi connectivity index (χ2n) is 5.22. The third-order valence-electron chi connectivity index (χ3n) is 3.27. The monoisotopic (exact) mass is 271 g/mol. The normalized spacial score (nSPS) is 12.3. The Morgan fingerprint density at radius 1 is 1.25 bits per heavy atom. The van der Waals surface area contributed by atoms with E-state index in [1.54, 1.807) is 10.9 Å². The molecular weight excluding hydrogens is 250 g/mol. The van der Waals surface area contributed by atoms with Gasteiger partial charge in [0.25, 0.3) is 0 Å². The molecule has 2 rings (SSSR count). The van der Waals surface area contributed by atoms with E-state index in [1.165, 1.54) is 0 Å². The summed E-state index contributed by atoms with van der Waals surface area (Å²) in [5.41, 5.74) is 1.15. The van der Waals surface area contributed by atoms with Crippen molar-refractivity contribution in [1.29, 1.82) is 0 Å². The molecule has 4 nitrogen and oxygen atoms in total. The summed E-state index contributed by atoms with van der Waals surface area (Å²) < 4.78 is 1.77. The molecule has 0 bridgehead atoms. The van der Waals surface area contributed by atoms with E-state index in [4.69, 9.17) is 0 Å². The lowest BCUT2D eigenvalue weighted by molar-refractivity contribution is -0.122. The number of hydrogen-bond donors (Lipinski definition) is 1. The summed E-state index contributed by atoms with van der Waals surface area (Å²) >= 11 is 0. The van der Waals surface area contributed by atoms with Gasteiger partial charge in [-0.25, -0.2) is 0 Å². The molecule has 2 aromatic rings. The van der Waals surface area contributed by atoms with Gasteiger partial charge in [-0.15, -0.1) is 0 Å². The third kappa shape index (κ3) is 3.95.